The average Bonchev–Trinajstić information content (AvgIpc) is 2.82. The van der Waals surface area contributed by atoms with E-state index < -0.39 is 8.80 Å². The predicted molar refractivity (Wildman–Crippen MR) is 78.0 cm³/mol. The molecule has 3 rings (SSSR count). The zero-order valence-corrected chi connectivity index (χ0v) is 12.4. The first-order valence-corrected chi connectivity index (χ1v) is 9.11. The molecule has 1 saturated heterocycles. The number of rotatable bonds is 2. The highest BCUT2D eigenvalue weighted by Crippen LogP contribution is 2.60. The molecule has 1 heteroatoms. The van der Waals surface area contributed by atoms with Gasteiger partial charge in [-0.2, -0.15) is 0 Å². The summed E-state index contributed by atoms with van der Waals surface area (Å²) < 4.78 is 0. The van der Waals surface area contributed by atoms with Crippen LogP contribution in [-0.4, -0.2) is 8.80 Å². The molecule has 90 valence electrons. The Morgan fingerprint density at radius 2 is 1.94 bits per heavy atom. The van der Waals surface area contributed by atoms with Crippen LogP contribution in [0.15, 0.2) is 46.6 Å². The van der Waals surface area contributed by atoms with E-state index in [1.165, 1.54) is 18.4 Å². The van der Waals surface area contributed by atoms with Gasteiger partial charge in [-0.15, -0.1) is 0 Å². The van der Waals surface area contributed by atoms with E-state index >= 15 is 0 Å². The summed E-state index contributed by atoms with van der Waals surface area (Å²) in [6, 6.07) is 3.09. The van der Waals surface area contributed by atoms with Crippen molar-refractivity contribution in [2.45, 2.75) is 50.7 Å². The summed E-state index contributed by atoms with van der Waals surface area (Å²) in [7, 11) is -0.620. The molecule has 1 fully saturated rings. The third-order valence-electron chi connectivity index (χ3n) is 5.27. The average molecular weight is 242 g/mol. The number of hydrogen-bond donors (Lipinski definition) is 0. The van der Waals surface area contributed by atoms with Crippen molar-refractivity contribution < 1.29 is 0 Å². The fourth-order valence-electron chi connectivity index (χ4n) is 3.80. The second kappa shape index (κ2) is 3.84. The van der Waals surface area contributed by atoms with Crippen molar-refractivity contribution in [2.75, 3.05) is 0 Å². The van der Waals surface area contributed by atoms with Gasteiger partial charge in [0.05, 0.1) is 8.80 Å². The van der Waals surface area contributed by atoms with E-state index in [-0.39, 0.29) is 0 Å². The number of hydrogen-bond acceptors (Lipinski definition) is 0. The molecule has 17 heavy (non-hydrogen) atoms. The highest BCUT2D eigenvalue weighted by Gasteiger charge is 2.47. The molecular weight excluding hydrogens is 220 g/mol. The van der Waals surface area contributed by atoms with Crippen molar-refractivity contribution in [3.05, 3.63) is 46.6 Å². The van der Waals surface area contributed by atoms with Crippen LogP contribution in [0.2, 0.25) is 17.1 Å². The maximum Gasteiger partial charge on any atom is 0.0583 e. The normalized spacial score (nSPS) is 32.9. The summed E-state index contributed by atoms with van der Waals surface area (Å²) in [4.78, 5) is 0. The van der Waals surface area contributed by atoms with Gasteiger partial charge in [0.25, 0.3) is 0 Å². The van der Waals surface area contributed by atoms with E-state index in [2.05, 4.69) is 45.1 Å². The van der Waals surface area contributed by atoms with Crippen molar-refractivity contribution in [3.63, 3.8) is 0 Å². The van der Waals surface area contributed by atoms with Crippen LogP contribution in [-0.2, 0) is 0 Å². The van der Waals surface area contributed by atoms with Gasteiger partial charge in [0.2, 0.25) is 0 Å². The third-order valence-corrected chi connectivity index (χ3v) is 9.74. The highest BCUT2D eigenvalue weighted by atomic mass is 28.3. The van der Waals surface area contributed by atoms with Crippen molar-refractivity contribution in [3.8, 4) is 0 Å². The molecule has 0 amide bonds. The van der Waals surface area contributed by atoms with E-state index in [1.807, 2.05) is 0 Å². The van der Waals surface area contributed by atoms with Crippen LogP contribution in [0, 0.1) is 0 Å². The van der Waals surface area contributed by atoms with Gasteiger partial charge in [0.15, 0.2) is 0 Å². The maximum absolute atomic E-state index is 2.63. The Kier molecular flexibility index (Phi) is 2.55. The fourth-order valence-corrected chi connectivity index (χ4v) is 7.58. The Hall–Kier alpha value is -0.823. The summed E-state index contributed by atoms with van der Waals surface area (Å²) in [5, 5.41) is 0.427. The third kappa shape index (κ3) is 1.41. The van der Waals surface area contributed by atoms with Crippen LogP contribution in [0.4, 0.5) is 0 Å². The summed E-state index contributed by atoms with van der Waals surface area (Å²) in [5.74, 6) is 0. The summed E-state index contributed by atoms with van der Waals surface area (Å²) in [6.07, 6.45) is 12.3. The van der Waals surface area contributed by atoms with Gasteiger partial charge in [-0.3, -0.25) is 0 Å². The van der Waals surface area contributed by atoms with E-state index in [4.69, 9.17) is 0 Å². The molecular formula is C16H22Si. The first-order chi connectivity index (χ1) is 8.16. The quantitative estimate of drug-likeness (QED) is 0.624. The van der Waals surface area contributed by atoms with Crippen LogP contribution in [0.5, 0.6) is 0 Å². The van der Waals surface area contributed by atoms with Crippen LogP contribution in [0.25, 0.3) is 0 Å². The molecule has 0 aromatic carbocycles. The molecule has 0 bridgehead atoms. The van der Waals surface area contributed by atoms with E-state index in [9.17, 15) is 0 Å². The Bertz CT molecular complexity index is 472. The predicted octanol–water partition coefficient (Wildman–Crippen LogP) is 4.54. The van der Waals surface area contributed by atoms with Gasteiger partial charge < -0.3 is 0 Å². The van der Waals surface area contributed by atoms with Crippen molar-refractivity contribution in [1.29, 1.82) is 0 Å². The van der Waals surface area contributed by atoms with E-state index in [0.717, 1.165) is 0 Å². The zero-order valence-electron chi connectivity index (χ0n) is 11.2. The Morgan fingerprint density at radius 1 is 1.18 bits per heavy atom. The Morgan fingerprint density at radius 3 is 2.35 bits per heavy atom. The lowest BCUT2D eigenvalue weighted by Crippen LogP contribution is -2.38. The largest absolute Gasteiger partial charge is 0.0804 e. The zero-order chi connectivity index (χ0) is 12.0. The summed E-state index contributed by atoms with van der Waals surface area (Å²) in [6.45, 7) is 7.02. The summed E-state index contributed by atoms with van der Waals surface area (Å²) >= 11 is 0. The lowest BCUT2D eigenvalue weighted by Gasteiger charge is -2.43. The molecule has 3 aliphatic rings. The van der Waals surface area contributed by atoms with Crippen LogP contribution >= 0.6 is 0 Å². The lowest BCUT2D eigenvalue weighted by molar-refractivity contribution is 0.792. The van der Waals surface area contributed by atoms with Gasteiger partial charge in [0.1, 0.15) is 0 Å². The van der Waals surface area contributed by atoms with Gasteiger partial charge >= 0.3 is 0 Å². The van der Waals surface area contributed by atoms with Crippen molar-refractivity contribution in [2.24, 2.45) is 0 Å². The summed E-state index contributed by atoms with van der Waals surface area (Å²) in [5.41, 5.74) is 6.48. The molecule has 0 N–H and O–H groups in total. The molecule has 0 aromatic rings. The molecule has 1 aliphatic heterocycles. The Labute approximate surface area is 106 Å². The second-order valence-electron chi connectivity index (χ2n) is 5.90. The molecule has 0 aromatic heterocycles. The van der Waals surface area contributed by atoms with Crippen LogP contribution in [0.1, 0.15) is 33.6 Å². The molecule has 1 atom stereocenters. The van der Waals surface area contributed by atoms with E-state index in [1.54, 1.807) is 28.8 Å². The monoisotopic (exact) mass is 242 g/mol. The molecule has 0 saturated carbocycles. The molecule has 1 unspecified atom stereocenters. The van der Waals surface area contributed by atoms with Crippen LogP contribution < -0.4 is 0 Å². The van der Waals surface area contributed by atoms with Crippen molar-refractivity contribution in [1.82, 2.24) is 0 Å². The van der Waals surface area contributed by atoms with Crippen LogP contribution in [0.3, 0.4) is 0 Å². The first kappa shape index (κ1) is 11.3. The second-order valence-corrected chi connectivity index (χ2v) is 9.36. The minimum Gasteiger partial charge on any atom is -0.0804 e. The molecule has 2 aliphatic carbocycles. The number of allylic oxidation sites excluding steroid dienone is 8. The fraction of sp³-hybridized carbons (Fsp3) is 0.500. The lowest BCUT2D eigenvalue weighted by atomic mass is 9.91. The highest BCUT2D eigenvalue weighted by molar-refractivity contribution is 6.67. The Balaban J connectivity index is 2.10. The van der Waals surface area contributed by atoms with Gasteiger partial charge in [-0.25, -0.2) is 0 Å². The van der Waals surface area contributed by atoms with E-state index in [0.29, 0.717) is 5.04 Å². The molecule has 1 heterocycles. The smallest absolute Gasteiger partial charge is 0.0583 e. The van der Waals surface area contributed by atoms with Gasteiger partial charge in [-0.05, 0) is 32.8 Å². The first-order valence-electron chi connectivity index (χ1n) is 6.90. The molecule has 0 radical (unpaired) electrons. The standard InChI is InChI=1S/C16H22Si/c1-12-11-16(14(3)13(12)2,17-9-6-10-17)15-7-4-5-8-15/h4-5,7,11,17H,6,8-10H2,1-3H3. The topological polar surface area (TPSA) is 0 Å². The minimum atomic E-state index is -0.620. The van der Waals surface area contributed by atoms with Gasteiger partial charge in [0, 0.05) is 5.04 Å². The maximum atomic E-state index is 2.63. The molecule has 0 spiro atoms. The minimum absolute atomic E-state index is 0.427. The van der Waals surface area contributed by atoms with Gasteiger partial charge in [-0.1, -0.05) is 59.5 Å². The van der Waals surface area contributed by atoms with Crippen molar-refractivity contribution >= 4 is 8.80 Å². The molecule has 0 nitrogen and oxygen atoms in total. The SMILES string of the molecule is CC1=CC(C2=CC=CC2)([SiH]2CCC2)C(C)=C1C.